The highest BCUT2D eigenvalue weighted by Gasteiger charge is 2.26. The molecule has 1 heterocycles. The maximum Gasteiger partial charge on any atom is 0.256 e. The van der Waals surface area contributed by atoms with Crippen LogP contribution in [0.5, 0.6) is 0 Å². The summed E-state index contributed by atoms with van der Waals surface area (Å²) in [6.07, 6.45) is 2.75. The molecule has 1 atom stereocenters. The zero-order valence-corrected chi connectivity index (χ0v) is 12.7. The molecule has 116 valence electrons. The quantitative estimate of drug-likeness (QED) is 0.909. The summed E-state index contributed by atoms with van der Waals surface area (Å²) in [7, 11) is -3.23. The van der Waals surface area contributed by atoms with Crippen molar-refractivity contribution < 1.29 is 17.6 Å². The van der Waals surface area contributed by atoms with Gasteiger partial charge in [-0.1, -0.05) is 12.1 Å². The molecule has 7 heteroatoms. The standard InChI is InChI=1S/C14H19FN2O3S/c1-21(19,20)16-9-11-5-4-8-17(10-11)14(18)12-6-2-3-7-13(12)15/h2-3,6-7,11,16H,4-5,8-10H2,1H3/t11-/m1/s1. The molecule has 1 fully saturated rings. The van der Waals surface area contributed by atoms with E-state index >= 15 is 0 Å². The molecule has 0 spiro atoms. The van der Waals surface area contributed by atoms with E-state index in [2.05, 4.69) is 4.72 Å². The molecule has 0 radical (unpaired) electrons. The molecule has 0 bridgehead atoms. The second kappa shape index (κ2) is 6.53. The van der Waals surface area contributed by atoms with E-state index in [1.165, 1.54) is 12.1 Å². The minimum absolute atomic E-state index is 0.0594. The summed E-state index contributed by atoms with van der Waals surface area (Å²) in [5.41, 5.74) is 0.0641. The Balaban J connectivity index is 2.01. The number of carbonyl (C=O) groups is 1. The van der Waals surface area contributed by atoms with Crippen LogP contribution in [0.2, 0.25) is 0 Å². The first-order valence-electron chi connectivity index (χ1n) is 6.85. The van der Waals surface area contributed by atoms with E-state index in [1.54, 1.807) is 17.0 Å². The lowest BCUT2D eigenvalue weighted by molar-refractivity contribution is 0.0671. The first kappa shape index (κ1) is 15.9. The van der Waals surface area contributed by atoms with Gasteiger partial charge in [-0.3, -0.25) is 4.79 Å². The summed E-state index contributed by atoms with van der Waals surface area (Å²) < 4.78 is 38.3. The smallest absolute Gasteiger partial charge is 0.256 e. The molecule has 1 aliphatic heterocycles. The number of sulfonamides is 1. The van der Waals surface area contributed by atoms with E-state index in [9.17, 15) is 17.6 Å². The molecular formula is C14H19FN2O3S. The lowest BCUT2D eigenvalue weighted by Gasteiger charge is -2.32. The second-order valence-corrected chi connectivity index (χ2v) is 7.19. The van der Waals surface area contributed by atoms with E-state index in [1.807, 2.05) is 0 Å². The van der Waals surface area contributed by atoms with Crippen molar-refractivity contribution in [1.82, 2.24) is 9.62 Å². The summed E-state index contributed by atoms with van der Waals surface area (Å²) in [6.45, 7) is 1.32. The third kappa shape index (κ3) is 4.50. The van der Waals surface area contributed by atoms with Crippen LogP contribution < -0.4 is 4.72 Å². The summed E-state index contributed by atoms with van der Waals surface area (Å²) in [5.74, 6) is -0.805. The van der Waals surface area contributed by atoms with E-state index in [0.717, 1.165) is 19.1 Å². The van der Waals surface area contributed by atoms with Crippen LogP contribution in [-0.2, 0) is 10.0 Å². The zero-order valence-electron chi connectivity index (χ0n) is 11.9. The SMILES string of the molecule is CS(=O)(=O)NC[C@H]1CCCN(C(=O)c2ccccc2F)C1. The number of hydrogen-bond acceptors (Lipinski definition) is 3. The Bertz CT molecular complexity index is 618. The van der Waals surface area contributed by atoms with Crippen LogP contribution >= 0.6 is 0 Å². The number of likely N-dealkylation sites (tertiary alicyclic amines) is 1. The van der Waals surface area contributed by atoms with Gasteiger partial charge in [-0.2, -0.15) is 0 Å². The van der Waals surface area contributed by atoms with Gasteiger partial charge in [0, 0.05) is 19.6 Å². The normalized spacial score (nSPS) is 19.5. The third-order valence-electron chi connectivity index (χ3n) is 3.54. The largest absolute Gasteiger partial charge is 0.338 e. The molecule has 1 saturated heterocycles. The van der Waals surface area contributed by atoms with Gasteiger partial charge in [-0.05, 0) is 30.9 Å². The molecule has 1 N–H and O–H groups in total. The predicted octanol–water partition coefficient (Wildman–Crippen LogP) is 1.23. The number of halogens is 1. The monoisotopic (exact) mass is 314 g/mol. The van der Waals surface area contributed by atoms with E-state index in [-0.39, 0.29) is 17.4 Å². The van der Waals surface area contributed by atoms with Crippen LogP contribution in [0.1, 0.15) is 23.2 Å². The van der Waals surface area contributed by atoms with Crippen molar-refractivity contribution in [3.8, 4) is 0 Å². The first-order chi connectivity index (χ1) is 9.87. The van der Waals surface area contributed by atoms with Crippen molar-refractivity contribution in [1.29, 1.82) is 0 Å². The Morgan fingerprint density at radius 2 is 2.14 bits per heavy atom. The van der Waals surface area contributed by atoms with Crippen molar-refractivity contribution >= 4 is 15.9 Å². The van der Waals surface area contributed by atoms with Crippen LogP contribution in [-0.4, -0.2) is 45.1 Å². The Morgan fingerprint density at radius 3 is 2.81 bits per heavy atom. The Morgan fingerprint density at radius 1 is 1.43 bits per heavy atom. The molecule has 2 rings (SSSR count). The fourth-order valence-electron chi connectivity index (χ4n) is 2.49. The summed E-state index contributed by atoms with van der Waals surface area (Å²) >= 11 is 0. The molecule has 1 amide bonds. The molecule has 1 aliphatic rings. The minimum Gasteiger partial charge on any atom is -0.338 e. The van der Waals surface area contributed by atoms with Gasteiger partial charge in [0.2, 0.25) is 10.0 Å². The Labute approximate surface area is 124 Å². The van der Waals surface area contributed by atoms with Gasteiger partial charge in [-0.25, -0.2) is 17.5 Å². The van der Waals surface area contributed by atoms with Crippen molar-refractivity contribution in [3.05, 3.63) is 35.6 Å². The number of benzene rings is 1. The van der Waals surface area contributed by atoms with Gasteiger partial charge in [0.15, 0.2) is 0 Å². The highest BCUT2D eigenvalue weighted by Crippen LogP contribution is 2.19. The number of nitrogens with one attached hydrogen (secondary N) is 1. The lowest BCUT2D eigenvalue weighted by atomic mass is 9.97. The maximum atomic E-state index is 13.7. The highest BCUT2D eigenvalue weighted by atomic mass is 32.2. The van der Waals surface area contributed by atoms with E-state index < -0.39 is 15.8 Å². The average Bonchev–Trinajstić information content (AvgIpc) is 2.44. The molecule has 0 saturated carbocycles. The number of amides is 1. The summed E-state index contributed by atoms with van der Waals surface area (Å²) in [4.78, 5) is 13.9. The summed E-state index contributed by atoms with van der Waals surface area (Å²) in [6, 6.07) is 5.90. The van der Waals surface area contributed by atoms with Crippen molar-refractivity contribution in [3.63, 3.8) is 0 Å². The molecule has 5 nitrogen and oxygen atoms in total. The van der Waals surface area contributed by atoms with Gasteiger partial charge in [0.05, 0.1) is 11.8 Å². The topological polar surface area (TPSA) is 66.5 Å². The average molecular weight is 314 g/mol. The van der Waals surface area contributed by atoms with Crippen LogP contribution in [0, 0.1) is 11.7 Å². The van der Waals surface area contributed by atoms with Gasteiger partial charge >= 0.3 is 0 Å². The van der Waals surface area contributed by atoms with Crippen LogP contribution in [0.3, 0.4) is 0 Å². The Kier molecular flexibility index (Phi) is 4.95. The molecule has 0 unspecified atom stereocenters. The molecule has 0 aromatic heterocycles. The number of rotatable bonds is 4. The predicted molar refractivity (Wildman–Crippen MR) is 77.9 cm³/mol. The van der Waals surface area contributed by atoms with Crippen molar-refractivity contribution in [2.75, 3.05) is 25.9 Å². The van der Waals surface area contributed by atoms with Crippen molar-refractivity contribution in [2.45, 2.75) is 12.8 Å². The molecule has 21 heavy (non-hydrogen) atoms. The second-order valence-electron chi connectivity index (χ2n) is 5.36. The third-order valence-corrected chi connectivity index (χ3v) is 4.24. The first-order valence-corrected chi connectivity index (χ1v) is 8.74. The van der Waals surface area contributed by atoms with Gasteiger partial charge < -0.3 is 4.90 Å². The van der Waals surface area contributed by atoms with Crippen molar-refractivity contribution in [2.24, 2.45) is 5.92 Å². The fourth-order valence-corrected chi connectivity index (χ4v) is 3.03. The molecule has 1 aromatic rings. The maximum absolute atomic E-state index is 13.7. The Hall–Kier alpha value is -1.47. The van der Waals surface area contributed by atoms with E-state index in [0.29, 0.717) is 19.6 Å². The summed E-state index contributed by atoms with van der Waals surface area (Å²) in [5, 5.41) is 0. The van der Waals surface area contributed by atoms with Crippen LogP contribution in [0.4, 0.5) is 4.39 Å². The molecular weight excluding hydrogens is 295 g/mol. The van der Waals surface area contributed by atoms with Gasteiger partial charge in [0.25, 0.3) is 5.91 Å². The van der Waals surface area contributed by atoms with Gasteiger partial charge in [-0.15, -0.1) is 0 Å². The number of nitrogens with zero attached hydrogens (tertiary/aromatic N) is 1. The molecule has 1 aromatic carbocycles. The number of hydrogen-bond donors (Lipinski definition) is 1. The fraction of sp³-hybridized carbons (Fsp3) is 0.500. The number of carbonyl (C=O) groups excluding carboxylic acids is 1. The highest BCUT2D eigenvalue weighted by molar-refractivity contribution is 7.88. The van der Waals surface area contributed by atoms with Crippen LogP contribution in [0.25, 0.3) is 0 Å². The molecule has 0 aliphatic carbocycles. The van der Waals surface area contributed by atoms with Crippen LogP contribution in [0.15, 0.2) is 24.3 Å². The lowest BCUT2D eigenvalue weighted by Crippen LogP contribution is -2.43. The minimum atomic E-state index is -3.23. The van der Waals surface area contributed by atoms with Gasteiger partial charge in [0.1, 0.15) is 5.82 Å². The number of piperidine rings is 1. The zero-order chi connectivity index (χ0) is 15.5. The van der Waals surface area contributed by atoms with E-state index in [4.69, 9.17) is 0 Å².